The average Bonchev–Trinajstić information content (AvgIpc) is 2.64. The maximum Gasteiger partial charge on any atom is 0.164 e. The third-order valence-corrected chi connectivity index (χ3v) is 5.84. The zero-order valence-corrected chi connectivity index (χ0v) is 10.5. The molecule has 0 saturated heterocycles. The topological polar surface area (TPSA) is 37.3 Å². The highest BCUT2D eigenvalue weighted by Crippen LogP contribution is 2.70. The summed E-state index contributed by atoms with van der Waals surface area (Å²) in [6.45, 7) is 6.83. The second-order valence-electron chi connectivity index (χ2n) is 6.88. The number of fused-ring (bicyclic) bond motifs is 3. The maximum atomic E-state index is 12.1. The minimum Gasteiger partial charge on any atom is -0.382 e. The summed E-state index contributed by atoms with van der Waals surface area (Å²) in [4.78, 5) is 12.1. The molecule has 0 aliphatic heterocycles. The number of hydrogen-bond acceptors (Lipinski definition) is 2. The highest BCUT2D eigenvalue weighted by Gasteiger charge is 2.69. The summed E-state index contributed by atoms with van der Waals surface area (Å²) in [7, 11) is 0. The number of ketones is 1. The van der Waals surface area contributed by atoms with Gasteiger partial charge in [-0.2, -0.15) is 0 Å². The van der Waals surface area contributed by atoms with Gasteiger partial charge in [0.05, 0.1) is 0 Å². The van der Waals surface area contributed by atoms with Crippen LogP contribution in [0.1, 0.15) is 46.5 Å². The van der Waals surface area contributed by atoms with Gasteiger partial charge in [-0.1, -0.05) is 20.8 Å². The normalized spacial score (nSPS) is 54.1. The van der Waals surface area contributed by atoms with Crippen LogP contribution in [0.3, 0.4) is 0 Å². The molecule has 0 heterocycles. The molecule has 0 radical (unpaired) electrons. The SMILES string of the molecule is C[C@@H]1CC[C@]2(O)C(=O)CC[C@@H]3[C@@H]([C@@H]12)C3(C)C. The van der Waals surface area contributed by atoms with Crippen molar-refractivity contribution in [3.05, 3.63) is 0 Å². The van der Waals surface area contributed by atoms with Crippen molar-refractivity contribution in [3.63, 3.8) is 0 Å². The fourth-order valence-corrected chi connectivity index (χ4v) is 4.80. The van der Waals surface area contributed by atoms with Crippen LogP contribution in [0.5, 0.6) is 0 Å². The average molecular weight is 222 g/mol. The number of aliphatic hydroxyl groups is 1. The van der Waals surface area contributed by atoms with E-state index in [1.165, 1.54) is 0 Å². The van der Waals surface area contributed by atoms with Gasteiger partial charge < -0.3 is 5.11 Å². The number of hydrogen-bond donors (Lipinski definition) is 1. The van der Waals surface area contributed by atoms with E-state index in [1.807, 2.05) is 0 Å². The van der Waals surface area contributed by atoms with Crippen LogP contribution in [0.25, 0.3) is 0 Å². The van der Waals surface area contributed by atoms with Crippen LogP contribution >= 0.6 is 0 Å². The molecule has 5 atom stereocenters. The molecule has 2 heteroatoms. The zero-order valence-electron chi connectivity index (χ0n) is 10.5. The zero-order chi connectivity index (χ0) is 11.7. The Morgan fingerprint density at radius 1 is 1.25 bits per heavy atom. The van der Waals surface area contributed by atoms with Crippen LogP contribution in [0.2, 0.25) is 0 Å². The molecule has 0 spiro atoms. The molecule has 0 aromatic rings. The first kappa shape index (κ1) is 10.8. The van der Waals surface area contributed by atoms with Crippen molar-refractivity contribution >= 4 is 5.78 Å². The van der Waals surface area contributed by atoms with Gasteiger partial charge in [0.15, 0.2) is 5.78 Å². The second-order valence-corrected chi connectivity index (χ2v) is 6.88. The summed E-state index contributed by atoms with van der Waals surface area (Å²) < 4.78 is 0. The van der Waals surface area contributed by atoms with Crippen molar-refractivity contribution in [2.75, 3.05) is 0 Å². The van der Waals surface area contributed by atoms with Gasteiger partial charge in [0, 0.05) is 12.3 Å². The Labute approximate surface area is 97.4 Å². The number of carbonyl (C=O) groups is 1. The third kappa shape index (κ3) is 1.09. The minimum atomic E-state index is -0.966. The van der Waals surface area contributed by atoms with E-state index in [0.717, 1.165) is 12.8 Å². The molecule has 3 rings (SSSR count). The van der Waals surface area contributed by atoms with Crippen molar-refractivity contribution < 1.29 is 9.90 Å². The molecule has 0 aromatic heterocycles. The summed E-state index contributed by atoms with van der Waals surface area (Å²) in [5, 5.41) is 10.7. The maximum absolute atomic E-state index is 12.1. The van der Waals surface area contributed by atoms with Crippen LogP contribution in [-0.2, 0) is 4.79 Å². The lowest BCUT2D eigenvalue weighted by Gasteiger charge is -2.31. The first-order valence-electron chi connectivity index (χ1n) is 6.64. The van der Waals surface area contributed by atoms with Gasteiger partial charge >= 0.3 is 0 Å². The number of rotatable bonds is 0. The number of carbonyl (C=O) groups excluding carboxylic acids is 1. The molecule has 3 saturated carbocycles. The molecule has 3 aliphatic rings. The first-order valence-corrected chi connectivity index (χ1v) is 6.64. The standard InChI is InChI=1S/C14H22O2/c1-8-6-7-14(16)10(15)5-4-9-12(11(8)14)13(9,2)3/h8-9,11-12,16H,4-7H2,1-3H3/t8-,9-,11-,12+,14+/m1/s1. The Kier molecular flexibility index (Phi) is 1.95. The van der Waals surface area contributed by atoms with Crippen LogP contribution in [0, 0.1) is 29.1 Å². The molecular formula is C14H22O2. The Morgan fingerprint density at radius 3 is 2.62 bits per heavy atom. The highest BCUT2D eigenvalue weighted by molar-refractivity contribution is 5.88. The van der Waals surface area contributed by atoms with E-state index in [9.17, 15) is 9.90 Å². The Bertz CT molecular complexity index is 347. The molecule has 0 amide bonds. The summed E-state index contributed by atoms with van der Waals surface area (Å²) in [5.41, 5.74) is -0.607. The Hall–Kier alpha value is -0.370. The Balaban J connectivity index is 2.01. The van der Waals surface area contributed by atoms with Crippen molar-refractivity contribution in [1.82, 2.24) is 0 Å². The smallest absolute Gasteiger partial charge is 0.164 e. The monoisotopic (exact) mass is 222 g/mol. The molecule has 3 fully saturated rings. The molecule has 16 heavy (non-hydrogen) atoms. The predicted molar refractivity (Wildman–Crippen MR) is 61.8 cm³/mol. The summed E-state index contributed by atoms with van der Waals surface area (Å²) >= 11 is 0. The van der Waals surface area contributed by atoms with Crippen LogP contribution in [0.15, 0.2) is 0 Å². The molecule has 3 aliphatic carbocycles. The summed E-state index contributed by atoms with van der Waals surface area (Å²) in [5.74, 6) is 2.14. The summed E-state index contributed by atoms with van der Waals surface area (Å²) in [6.07, 6.45) is 3.33. The van der Waals surface area contributed by atoms with Gasteiger partial charge in [0.2, 0.25) is 0 Å². The van der Waals surface area contributed by atoms with E-state index in [0.29, 0.717) is 36.0 Å². The van der Waals surface area contributed by atoms with Crippen molar-refractivity contribution in [3.8, 4) is 0 Å². The fraction of sp³-hybridized carbons (Fsp3) is 0.929. The van der Waals surface area contributed by atoms with Gasteiger partial charge in [-0.25, -0.2) is 0 Å². The van der Waals surface area contributed by atoms with Gasteiger partial charge in [-0.15, -0.1) is 0 Å². The van der Waals surface area contributed by atoms with E-state index in [4.69, 9.17) is 0 Å². The van der Waals surface area contributed by atoms with Crippen LogP contribution in [-0.4, -0.2) is 16.5 Å². The van der Waals surface area contributed by atoms with E-state index in [1.54, 1.807) is 0 Å². The molecule has 0 unspecified atom stereocenters. The van der Waals surface area contributed by atoms with Gasteiger partial charge in [0.25, 0.3) is 0 Å². The quantitative estimate of drug-likeness (QED) is 0.683. The van der Waals surface area contributed by atoms with Crippen LogP contribution in [0.4, 0.5) is 0 Å². The minimum absolute atomic E-state index is 0.129. The van der Waals surface area contributed by atoms with Crippen molar-refractivity contribution in [1.29, 1.82) is 0 Å². The van der Waals surface area contributed by atoms with E-state index < -0.39 is 5.60 Å². The second kappa shape index (κ2) is 2.90. The largest absolute Gasteiger partial charge is 0.382 e. The molecule has 1 N–H and O–H groups in total. The molecule has 0 bridgehead atoms. The molecular weight excluding hydrogens is 200 g/mol. The first-order chi connectivity index (χ1) is 7.39. The van der Waals surface area contributed by atoms with Gasteiger partial charge in [-0.3, -0.25) is 4.79 Å². The molecule has 90 valence electrons. The lowest BCUT2D eigenvalue weighted by Crippen LogP contribution is -2.44. The Morgan fingerprint density at radius 2 is 1.94 bits per heavy atom. The van der Waals surface area contributed by atoms with Gasteiger partial charge in [-0.05, 0) is 42.4 Å². The van der Waals surface area contributed by atoms with E-state index in [-0.39, 0.29) is 11.7 Å². The highest BCUT2D eigenvalue weighted by atomic mass is 16.3. The van der Waals surface area contributed by atoms with E-state index in [2.05, 4.69) is 20.8 Å². The van der Waals surface area contributed by atoms with E-state index >= 15 is 0 Å². The number of Topliss-reactive ketones (excluding diaryl/α,β-unsaturated/α-hetero) is 1. The van der Waals surface area contributed by atoms with Crippen molar-refractivity contribution in [2.24, 2.45) is 29.1 Å². The fourth-order valence-electron chi connectivity index (χ4n) is 4.80. The van der Waals surface area contributed by atoms with Crippen LogP contribution < -0.4 is 0 Å². The van der Waals surface area contributed by atoms with Gasteiger partial charge in [0.1, 0.15) is 5.60 Å². The summed E-state index contributed by atoms with van der Waals surface area (Å²) in [6, 6.07) is 0. The lowest BCUT2D eigenvalue weighted by atomic mass is 9.77. The molecule has 2 nitrogen and oxygen atoms in total. The lowest BCUT2D eigenvalue weighted by molar-refractivity contribution is -0.142. The molecule has 0 aromatic carbocycles. The van der Waals surface area contributed by atoms with Crippen molar-refractivity contribution in [2.45, 2.75) is 52.1 Å². The third-order valence-electron chi connectivity index (χ3n) is 5.84. The predicted octanol–water partition coefficient (Wildman–Crippen LogP) is 2.40.